The molecule has 0 aromatic heterocycles. The molecule has 0 rings (SSSR count). The lowest BCUT2D eigenvalue weighted by Gasteiger charge is -2.21. The molecule has 0 aliphatic rings. The fourth-order valence-electron chi connectivity index (χ4n) is 11.4. The topological polar surface area (TPSA) is 237 Å². The number of phosphoric acid groups is 2. The Kier molecular flexibility index (Phi) is 65.5. The molecule has 0 radical (unpaired) electrons. The molecule has 0 aliphatic heterocycles. The third kappa shape index (κ3) is 67.3. The Morgan fingerprint density at radius 3 is 0.809 bits per heavy atom. The number of aliphatic hydroxyl groups is 1. The Bertz CT molecular complexity index is 1820. The van der Waals surface area contributed by atoms with Crippen molar-refractivity contribution in [3.05, 3.63) is 0 Å². The number of rotatable bonds is 74. The van der Waals surface area contributed by atoms with Crippen LogP contribution in [0.5, 0.6) is 0 Å². The second-order valence-electron chi connectivity index (χ2n) is 27.8. The third-order valence-electron chi connectivity index (χ3n) is 17.8. The molecule has 0 aromatic rings. The molecular weight excluding hydrogens is 1230 g/mol. The summed E-state index contributed by atoms with van der Waals surface area (Å²) in [6.45, 7) is 9.56. The Labute approximate surface area is 575 Å². The molecule has 6 atom stereocenters. The van der Waals surface area contributed by atoms with Crippen LogP contribution in [0, 0.1) is 11.8 Å². The van der Waals surface area contributed by atoms with Crippen LogP contribution >= 0.6 is 15.6 Å². The number of aliphatic hydroxyl groups excluding tert-OH is 1. The van der Waals surface area contributed by atoms with Crippen LogP contribution in [0.4, 0.5) is 0 Å². The van der Waals surface area contributed by atoms with E-state index in [4.69, 9.17) is 37.0 Å². The van der Waals surface area contributed by atoms with E-state index in [9.17, 15) is 43.2 Å². The van der Waals surface area contributed by atoms with Crippen molar-refractivity contribution >= 4 is 39.5 Å². The Morgan fingerprint density at radius 2 is 0.543 bits per heavy atom. The van der Waals surface area contributed by atoms with Gasteiger partial charge >= 0.3 is 39.5 Å². The Morgan fingerprint density at radius 1 is 0.309 bits per heavy atom. The molecule has 0 spiro atoms. The van der Waals surface area contributed by atoms with Crippen LogP contribution in [0.2, 0.25) is 0 Å². The van der Waals surface area contributed by atoms with E-state index in [-0.39, 0.29) is 25.7 Å². The number of esters is 4. The molecule has 3 unspecified atom stereocenters. The first-order chi connectivity index (χ1) is 45.4. The first-order valence-corrected chi connectivity index (χ1v) is 42.0. The highest BCUT2D eigenvalue weighted by molar-refractivity contribution is 7.47. The van der Waals surface area contributed by atoms with Crippen molar-refractivity contribution < 1.29 is 80.2 Å². The van der Waals surface area contributed by atoms with Crippen molar-refractivity contribution in [1.82, 2.24) is 0 Å². The second kappa shape index (κ2) is 66.9. The van der Waals surface area contributed by atoms with Crippen LogP contribution in [0.1, 0.15) is 388 Å². The van der Waals surface area contributed by atoms with E-state index in [0.29, 0.717) is 25.7 Å². The lowest BCUT2D eigenvalue weighted by molar-refractivity contribution is -0.161. The minimum absolute atomic E-state index is 0.104. The summed E-state index contributed by atoms with van der Waals surface area (Å²) in [6.07, 6.45) is 54.8. The van der Waals surface area contributed by atoms with E-state index in [1.165, 1.54) is 193 Å². The smallest absolute Gasteiger partial charge is 0.462 e. The Hall–Kier alpha value is -1.94. The highest BCUT2D eigenvalue weighted by atomic mass is 31.2. The van der Waals surface area contributed by atoms with Gasteiger partial charge in [-0.05, 0) is 37.5 Å². The highest BCUT2D eigenvalue weighted by Gasteiger charge is 2.30. The van der Waals surface area contributed by atoms with Crippen LogP contribution in [0.25, 0.3) is 0 Å². The van der Waals surface area contributed by atoms with Gasteiger partial charge in [0.05, 0.1) is 26.4 Å². The van der Waals surface area contributed by atoms with Crippen LogP contribution < -0.4 is 0 Å². The van der Waals surface area contributed by atoms with Crippen molar-refractivity contribution in [2.45, 2.75) is 407 Å². The molecule has 0 fully saturated rings. The van der Waals surface area contributed by atoms with Crippen molar-refractivity contribution in [3.63, 3.8) is 0 Å². The van der Waals surface area contributed by atoms with E-state index < -0.39 is 97.5 Å². The fourth-order valence-corrected chi connectivity index (χ4v) is 13.0. The van der Waals surface area contributed by atoms with Gasteiger partial charge in [-0.3, -0.25) is 37.3 Å². The predicted octanol–water partition coefficient (Wildman–Crippen LogP) is 21.9. The molecule has 3 N–H and O–H groups in total. The van der Waals surface area contributed by atoms with Crippen molar-refractivity contribution in [2.75, 3.05) is 39.6 Å². The van der Waals surface area contributed by atoms with Crippen LogP contribution in [-0.4, -0.2) is 96.7 Å². The average molecular weight is 1380 g/mol. The van der Waals surface area contributed by atoms with Gasteiger partial charge in [-0.1, -0.05) is 337 Å². The Balaban J connectivity index is 5.08. The first kappa shape index (κ1) is 92.1. The number of phosphoric ester groups is 2. The van der Waals surface area contributed by atoms with E-state index >= 15 is 0 Å². The summed E-state index contributed by atoms with van der Waals surface area (Å²) in [5.74, 6) is -0.449. The van der Waals surface area contributed by atoms with E-state index in [0.717, 1.165) is 115 Å². The highest BCUT2D eigenvalue weighted by Crippen LogP contribution is 2.45. The number of hydrogen-bond acceptors (Lipinski definition) is 15. The number of carbonyl (C=O) groups is 4. The summed E-state index contributed by atoms with van der Waals surface area (Å²) >= 11 is 0. The molecule has 0 amide bonds. The largest absolute Gasteiger partial charge is 0.472 e. The maximum Gasteiger partial charge on any atom is 0.472 e. The van der Waals surface area contributed by atoms with Gasteiger partial charge in [0.1, 0.15) is 19.3 Å². The van der Waals surface area contributed by atoms with Crippen molar-refractivity contribution in [1.29, 1.82) is 0 Å². The van der Waals surface area contributed by atoms with E-state index in [2.05, 4.69) is 41.5 Å². The van der Waals surface area contributed by atoms with E-state index in [1.807, 2.05) is 0 Å². The molecule has 19 heteroatoms. The lowest BCUT2D eigenvalue weighted by Crippen LogP contribution is -2.30. The number of hydrogen-bond donors (Lipinski definition) is 3. The zero-order valence-corrected chi connectivity index (χ0v) is 63.1. The summed E-state index contributed by atoms with van der Waals surface area (Å²) in [6, 6.07) is 0. The summed E-state index contributed by atoms with van der Waals surface area (Å²) in [5.41, 5.74) is 0. The molecule has 558 valence electrons. The normalized spacial score (nSPS) is 14.3. The predicted molar refractivity (Wildman–Crippen MR) is 381 cm³/mol. The molecule has 0 bridgehead atoms. The molecule has 0 saturated carbocycles. The number of ether oxygens (including phenoxy) is 4. The van der Waals surface area contributed by atoms with Gasteiger partial charge in [-0.25, -0.2) is 9.13 Å². The van der Waals surface area contributed by atoms with Crippen LogP contribution in [0.15, 0.2) is 0 Å². The maximum atomic E-state index is 13.1. The van der Waals surface area contributed by atoms with Gasteiger partial charge in [0.2, 0.25) is 0 Å². The molecule has 0 aromatic carbocycles. The monoisotopic (exact) mass is 1380 g/mol. The fraction of sp³-hybridized carbons (Fsp3) is 0.947. The van der Waals surface area contributed by atoms with Crippen molar-refractivity contribution in [3.8, 4) is 0 Å². The summed E-state index contributed by atoms with van der Waals surface area (Å²) in [4.78, 5) is 72.3. The average Bonchev–Trinajstić information content (AvgIpc) is 1.65. The van der Waals surface area contributed by atoms with Crippen LogP contribution in [0.3, 0.4) is 0 Å². The van der Waals surface area contributed by atoms with Gasteiger partial charge in [0.25, 0.3) is 0 Å². The molecule has 0 saturated heterocycles. The maximum absolute atomic E-state index is 13.1. The molecule has 0 heterocycles. The summed E-state index contributed by atoms with van der Waals surface area (Å²) < 4.78 is 68.1. The standard InChI is InChI=1S/C75H146O17P2/c1-7-10-12-14-15-40-47-53-59-74(79)91-70(63-85-72(77)57-51-43-13-11-8-2)65-89-93(81,82)87-61-69(76)62-88-94(83,84)90-66-71(64-86-73(78)58-52-46-41-36-32-28-24-21-20-22-26-30-34-38-44-49-55-67(4)5)92-75(80)60-54-48-42-37-33-29-25-19-17-16-18-23-27-31-35-39-45-50-56-68(6)9-3/h67-71,76H,7-66H2,1-6H3,(H,81,82)(H,83,84)/t68?,69-,70+,71+/m0/s1. The third-order valence-corrected chi connectivity index (χ3v) is 19.7. The van der Waals surface area contributed by atoms with Crippen molar-refractivity contribution in [2.24, 2.45) is 11.8 Å². The second-order valence-corrected chi connectivity index (χ2v) is 30.7. The number of unbranched alkanes of at least 4 members (excludes halogenated alkanes) is 43. The SMILES string of the molecule is CCCCCCCCCCC(=O)O[C@H](COC(=O)CCCCCCC)COP(=O)(O)OC[C@H](O)COP(=O)(O)OC[C@@H](COC(=O)CCCCCCCCCCCCCCCCCCC(C)C)OC(=O)CCCCCCCCCCCCCCCCCCCCC(C)CC. The molecule has 0 aliphatic carbocycles. The molecule has 17 nitrogen and oxygen atoms in total. The zero-order valence-electron chi connectivity index (χ0n) is 61.3. The van der Waals surface area contributed by atoms with E-state index in [1.54, 1.807) is 0 Å². The first-order valence-electron chi connectivity index (χ1n) is 39.0. The summed E-state index contributed by atoms with van der Waals surface area (Å²) in [7, 11) is -9.89. The van der Waals surface area contributed by atoms with Gasteiger partial charge in [-0.2, -0.15) is 0 Å². The van der Waals surface area contributed by atoms with Gasteiger partial charge in [0.15, 0.2) is 12.2 Å². The molecule has 94 heavy (non-hydrogen) atoms. The lowest BCUT2D eigenvalue weighted by atomic mass is 9.99. The summed E-state index contributed by atoms with van der Waals surface area (Å²) in [5, 5.41) is 10.6. The van der Waals surface area contributed by atoms with Gasteiger partial charge in [-0.15, -0.1) is 0 Å². The zero-order chi connectivity index (χ0) is 69.3. The quantitative estimate of drug-likeness (QED) is 0.0222. The molecular formula is C75H146O17P2. The minimum Gasteiger partial charge on any atom is -0.462 e. The van der Waals surface area contributed by atoms with Gasteiger partial charge < -0.3 is 33.8 Å². The minimum atomic E-state index is -4.95. The number of carbonyl (C=O) groups excluding carboxylic acids is 4. The van der Waals surface area contributed by atoms with Crippen LogP contribution in [-0.2, 0) is 65.4 Å². The van der Waals surface area contributed by atoms with Gasteiger partial charge in [0, 0.05) is 25.7 Å².